The lowest BCUT2D eigenvalue weighted by atomic mass is 10.0. The quantitative estimate of drug-likeness (QED) is 0.829. The van der Waals surface area contributed by atoms with E-state index in [4.69, 9.17) is 11.6 Å². The fourth-order valence-electron chi connectivity index (χ4n) is 3.16. The number of imide groups is 1. The summed E-state index contributed by atoms with van der Waals surface area (Å²) >= 11 is 6.28. The van der Waals surface area contributed by atoms with Crippen LogP contribution >= 0.6 is 11.6 Å². The van der Waals surface area contributed by atoms with Crippen LogP contribution in [0.25, 0.3) is 0 Å². The third-order valence-electron chi connectivity index (χ3n) is 4.67. The summed E-state index contributed by atoms with van der Waals surface area (Å²) in [5.41, 5.74) is 3.48. The van der Waals surface area contributed by atoms with Gasteiger partial charge in [-0.2, -0.15) is 0 Å². The van der Waals surface area contributed by atoms with Crippen LogP contribution in [0.3, 0.4) is 0 Å². The summed E-state index contributed by atoms with van der Waals surface area (Å²) < 4.78 is 0. The van der Waals surface area contributed by atoms with Crippen molar-refractivity contribution in [2.24, 2.45) is 0 Å². The van der Waals surface area contributed by atoms with Gasteiger partial charge in [0.25, 0.3) is 17.7 Å². The summed E-state index contributed by atoms with van der Waals surface area (Å²) in [6.45, 7) is 3.99. The van der Waals surface area contributed by atoms with E-state index in [0.29, 0.717) is 28.3 Å². The Kier molecular flexibility index (Phi) is 4.83. The minimum atomic E-state index is -0.397. The summed E-state index contributed by atoms with van der Waals surface area (Å²) in [5, 5.41) is 3.54. The fraction of sp³-hybridized carbons (Fsp3) is 0.250. The second-order valence-corrected chi connectivity index (χ2v) is 6.56. The van der Waals surface area contributed by atoms with E-state index in [9.17, 15) is 14.4 Å². The van der Waals surface area contributed by atoms with Gasteiger partial charge in [0.15, 0.2) is 0 Å². The van der Waals surface area contributed by atoms with Gasteiger partial charge in [-0.15, -0.1) is 0 Å². The lowest BCUT2D eigenvalue weighted by Crippen LogP contribution is -2.24. The van der Waals surface area contributed by atoms with Crippen LogP contribution in [0.4, 0.5) is 5.69 Å². The number of fused-ring (bicyclic) bond motifs is 1. The topological polar surface area (TPSA) is 66.5 Å². The van der Waals surface area contributed by atoms with E-state index < -0.39 is 5.91 Å². The average molecular weight is 371 g/mol. The van der Waals surface area contributed by atoms with E-state index in [-0.39, 0.29) is 17.4 Å². The van der Waals surface area contributed by atoms with Crippen molar-refractivity contribution in [2.45, 2.75) is 26.7 Å². The first kappa shape index (κ1) is 18.1. The van der Waals surface area contributed by atoms with Crippen molar-refractivity contribution >= 4 is 35.0 Å². The molecule has 0 atom stereocenters. The van der Waals surface area contributed by atoms with Gasteiger partial charge in [-0.25, -0.2) is 0 Å². The number of hydrogen-bond acceptors (Lipinski definition) is 3. The summed E-state index contributed by atoms with van der Waals surface area (Å²) in [6, 6.07) is 8.28. The zero-order chi connectivity index (χ0) is 19.0. The van der Waals surface area contributed by atoms with Crippen molar-refractivity contribution in [3.8, 4) is 0 Å². The number of benzene rings is 2. The van der Waals surface area contributed by atoms with Crippen LogP contribution in [0.2, 0.25) is 5.02 Å². The molecule has 5 nitrogen and oxygen atoms in total. The maximum atomic E-state index is 12.8. The second-order valence-electron chi connectivity index (χ2n) is 6.15. The van der Waals surface area contributed by atoms with Crippen molar-refractivity contribution < 1.29 is 14.4 Å². The Balaban J connectivity index is 1.97. The van der Waals surface area contributed by atoms with Gasteiger partial charge in [0.1, 0.15) is 0 Å². The second kappa shape index (κ2) is 6.92. The smallest absolute Gasteiger partial charge is 0.261 e. The first-order valence-corrected chi connectivity index (χ1v) is 8.84. The van der Waals surface area contributed by atoms with Gasteiger partial charge in [-0.05, 0) is 48.2 Å². The summed E-state index contributed by atoms with van der Waals surface area (Å²) in [5.74, 6) is -1.09. The number of hydrogen-bond donors (Lipinski definition) is 1. The van der Waals surface area contributed by atoms with Crippen LogP contribution in [0.5, 0.6) is 0 Å². The van der Waals surface area contributed by atoms with E-state index in [1.54, 1.807) is 6.07 Å². The van der Waals surface area contributed by atoms with Crippen LogP contribution in [-0.4, -0.2) is 29.7 Å². The number of halogens is 1. The highest BCUT2D eigenvalue weighted by atomic mass is 35.5. The third kappa shape index (κ3) is 2.88. The van der Waals surface area contributed by atoms with Crippen LogP contribution in [-0.2, 0) is 12.8 Å². The Morgan fingerprint density at radius 3 is 2.38 bits per heavy atom. The molecule has 2 aromatic rings. The van der Waals surface area contributed by atoms with Crippen LogP contribution in [0, 0.1) is 0 Å². The Morgan fingerprint density at radius 2 is 1.73 bits per heavy atom. The van der Waals surface area contributed by atoms with Gasteiger partial charge >= 0.3 is 0 Å². The minimum absolute atomic E-state index is 0.252. The Bertz CT molecular complexity index is 937. The molecule has 134 valence electrons. The van der Waals surface area contributed by atoms with E-state index in [1.165, 1.54) is 19.2 Å². The molecule has 0 unspecified atom stereocenters. The van der Waals surface area contributed by atoms with Gasteiger partial charge in [0.05, 0.1) is 11.1 Å². The molecule has 0 aliphatic carbocycles. The SMILES string of the molecule is CCc1ccc(Cl)c(CC)c1NC(=O)c1ccc2c(c1)C(=O)N(C)C2=O. The molecular weight excluding hydrogens is 352 g/mol. The highest BCUT2D eigenvalue weighted by molar-refractivity contribution is 6.32. The Morgan fingerprint density at radius 1 is 1.04 bits per heavy atom. The summed E-state index contributed by atoms with van der Waals surface area (Å²) in [4.78, 5) is 37.9. The van der Waals surface area contributed by atoms with Crippen molar-refractivity contribution in [2.75, 3.05) is 12.4 Å². The lowest BCUT2D eigenvalue weighted by Gasteiger charge is -2.16. The van der Waals surface area contributed by atoms with E-state index in [1.807, 2.05) is 26.0 Å². The maximum absolute atomic E-state index is 12.8. The molecular formula is C20H19ClN2O3. The first-order valence-electron chi connectivity index (χ1n) is 8.47. The van der Waals surface area contributed by atoms with E-state index >= 15 is 0 Å². The number of nitrogens with one attached hydrogen (secondary N) is 1. The lowest BCUT2D eigenvalue weighted by molar-refractivity contribution is 0.0693. The molecule has 1 heterocycles. The number of aryl methyl sites for hydroxylation is 1. The first-order chi connectivity index (χ1) is 12.4. The normalized spacial score (nSPS) is 13.2. The van der Waals surface area contributed by atoms with Gasteiger partial charge < -0.3 is 5.32 Å². The molecule has 2 aromatic carbocycles. The number of rotatable bonds is 4. The molecule has 3 rings (SSSR count). The molecule has 0 spiro atoms. The molecule has 1 aliphatic rings. The largest absolute Gasteiger partial charge is 0.321 e. The third-order valence-corrected chi connectivity index (χ3v) is 5.02. The summed E-state index contributed by atoms with van der Waals surface area (Å²) in [7, 11) is 1.43. The van der Waals surface area contributed by atoms with Crippen LogP contribution in [0.1, 0.15) is 56.0 Å². The number of anilines is 1. The standard InChI is InChI=1S/C20H19ClN2O3/c1-4-11-7-9-16(21)13(5-2)17(11)22-18(24)12-6-8-14-15(10-12)20(26)23(3)19(14)25/h6-10H,4-5H2,1-3H3,(H,22,24). The highest BCUT2D eigenvalue weighted by Crippen LogP contribution is 2.30. The molecule has 0 aromatic heterocycles. The molecule has 6 heteroatoms. The molecule has 0 saturated carbocycles. The molecule has 0 fully saturated rings. The average Bonchev–Trinajstić information content (AvgIpc) is 2.86. The molecule has 0 bridgehead atoms. The van der Waals surface area contributed by atoms with Crippen LogP contribution < -0.4 is 5.32 Å². The van der Waals surface area contributed by atoms with Crippen molar-refractivity contribution in [1.29, 1.82) is 0 Å². The number of amides is 3. The Labute approximate surface area is 156 Å². The monoisotopic (exact) mass is 370 g/mol. The summed E-state index contributed by atoms with van der Waals surface area (Å²) in [6.07, 6.45) is 1.44. The fourth-order valence-corrected chi connectivity index (χ4v) is 3.45. The molecule has 0 radical (unpaired) electrons. The van der Waals surface area contributed by atoms with E-state index in [0.717, 1.165) is 22.4 Å². The molecule has 1 aliphatic heterocycles. The Hall–Kier alpha value is -2.66. The zero-order valence-electron chi connectivity index (χ0n) is 14.9. The van der Waals surface area contributed by atoms with Crippen molar-refractivity contribution in [3.63, 3.8) is 0 Å². The number of carbonyl (C=O) groups is 3. The van der Waals surface area contributed by atoms with Crippen molar-refractivity contribution in [1.82, 2.24) is 4.90 Å². The van der Waals surface area contributed by atoms with Gasteiger partial charge in [-0.1, -0.05) is 31.5 Å². The molecule has 26 heavy (non-hydrogen) atoms. The van der Waals surface area contributed by atoms with Gasteiger partial charge in [-0.3, -0.25) is 19.3 Å². The molecule has 1 N–H and O–H groups in total. The maximum Gasteiger partial charge on any atom is 0.261 e. The van der Waals surface area contributed by atoms with Crippen molar-refractivity contribution in [3.05, 3.63) is 63.2 Å². The van der Waals surface area contributed by atoms with Gasteiger partial charge in [0.2, 0.25) is 0 Å². The zero-order valence-corrected chi connectivity index (χ0v) is 15.6. The highest BCUT2D eigenvalue weighted by Gasteiger charge is 2.33. The molecule has 3 amide bonds. The minimum Gasteiger partial charge on any atom is -0.321 e. The predicted molar refractivity (Wildman–Crippen MR) is 101 cm³/mol. The van der Waals surface area contributed by atoms with Crippen LogP contribution in [0.15, 0.2) is 30.3 Å². The number of carbonyl (C=O) groups excluding carboxylic acids is 3. The van der Waals surface area contributed by atoms with E-state index in [2.05, 4.69) is 5.32 Å². The number of nitrogens with zero attached hydrogens (tertiary/aromatic N) is 1. The van der Waals surface area contributed by atoms with Gasteiger partial charge in [0, 0.05) is 23.3 Å². The predicted octanol–water partition coefficient (Wildman–Crippen LogP) is 3.94. The molecule has 0 saturated heterocycles.